The molecule has 134 valence electrons. The lowest BCUT2D eigenvalue weighted by molar-refractivity contribution is 0.0688. The average molecular weight is 348 g/mol. The van der Waals surface area contributed by atoms with Crippen molar-refractivity contribution < 1.29 is 13.6 Å². The van der Waals surface area contributed by atoms with Crippen LogP contribution in [0, 0.1) is 17.6 Å². The Morgan fingerprint density at radius 3 is 2.64 bits per heavy atom. The lowest BCUT2D eigenvalue weighted by atomic mass is 9.93. The van der Waals surface area contributed by atoms with Crippen molar-refractivity contribution in [1.82, 2.24) is 20.4 Å². The fourth-order valence-electron chi connectivity index (χ4n) is 3.32. The molecule has 1 aliphatic heterocycles. The average Bonchev–Trinajstić information content (AvgIpc) is 3.09. The molecule has 0 spiro atoms. The van der Waals surface area contributed by atoms with Gasteiger partial charge in [-0.3, -0.25) is 9.89 Å². The van der Waals surface area contributed by atoms with Crippen molar-refractivity contribution in [3.05, 3.63) is 41.6 Å². The van der Waals surface area contributed by atoms with Crippen molar-refractivity contribution >= 4 is 5.91 Å². The van der Waals surface area contributed by atoms with Crippen LogP contribution in [-0.4, -0.2) is 47.7 Å². The van der Waals surface area contributed by atoms with Gasteiger partial charge in [0.2, 0.25) is 0 Å². The van der Waals surface area contributed by atoms with Crippen LogP contribution in [0.4, 0.5) is 8.78 Å². The largest absolute Gasteiger partial charge is 0.339 e. The minimum absolute atomic E-state index is 0.0953. The molecule has 5 nitrogen and oxygen atoms in total. The highest BCUT2D eigenvalue weighted by molar-refractivity contribution is 5.99. The summed E-state index contributed by atoms with van der Waals surface area (Å²) < 4.78 is 28.1. The molecular formula is C18H22F2N4O. The van der Waals surface area contributed by atoms with E-state index in [1.165, 1.54) is 24.4 Å². The van der Waals surface area contributed by atoms with Crippen LogP contribution in [0.1, 0.15) is 29.6 Å². The number of nitrogens with one attached hydrogen (secondary N) is 2. The first-order valence-corrected chi connectivity index (χ1v) is 8.53. The molecule has 0 saturated carbocycles. The Morgan fingerprint density at radius 1 is 1.32 bits per heavy atom. The molecule has 1 saturated heterocycles. The highest BCUT2D eigenvalue weighted by Gasteiger charge is 2.27. The van der Waals surface area contributed by atoms with Gasteiger partial charge in [-0.15, -0.1) is 0 Å². The van der Waals surface area contributed by atoms with E-state index in [2.05, 4.69) is 15.5 Å². The second kappa shape index (κ2) is 7.74. The number of likely N-dealkylation sites (tertiary alicyclic amines) is 1. The van der Waals surface area contributed by atoms with Crippen LogP contribution in [-0.2, 0) is 0 Å². The maximum absolute atomic E-state index is 14.1. The van der Waals surface area contributed by atoms with Gasteiger partial charge in [-0.2, -0.15) is 5.10 Å². The molecule has 2 heterocycles. The molecule has 0 radical (unpaired) electrons. The molecule has 2 aromatic rings. The number of H-pyrrole nitrogens is 1. The quantitative estimate of drug-likeness (QED) is 0.873. The summed E-state index contributed by atoms with van der Waals surface area (Å²) in [6.07, 6.45) is 4.32. The van der Waals surface area contributed by atoms with Gasteiger partial charge < -0.3 is 10.2 Å². The topological polar surface area (TPSA) is 61.0 Å². The van der Waals surface area contributed by atoms with Crippen LogP contribution in [0.3, 0.4) is 0 Å². The van der Waals surface area contributed by atoms with Crippen molar-refractivity contribution in [3.63, 3.8) is 0 Å². The summed E-state index contributed by atoms with van der Waals surface area (Å²) in [4.78, 5) is 14.5. The second-order valence-electron chi connectivity index (χ2n) is 6.38. The lowest BCUT2D eigenvalue weighted by Gasteiger charge is -2.32. The molecule has 1 aliphatic rings. The fraction of sp³-hybridized carbons (Fsp3) is 0.444. The van der Waals surface area contributed by atoms with Crippen LogP contribution in [0.25, 0.3) is 11.3 Å². The third-order valence-corrected chi connectivity index (χ3v) is 4.79. The van der Waals surface area contributed by atoms with Crippen LogP contribution in [0.5, 0.6) is 0 Å². The van der Waals surface area contributed by atoms with Crippen molar-refractivity contribution in [3.8, 4) is 11.3 Å². The van der Waals surface area contributed by atoms with Gasteiger partial charge in [0.05, 0.1) is 23.0 Å². The van der Waals surface area contributed by atoms with Gasteiger partial charge in [0, 0.05) is 13.1 Å². The molecule has 25 heavy (non-hydrogen) atoms. The molecule has 0 unspecified atom stereocenters. The molecule has 0 bridgehead atoms. The van der Waals surface area contributed by atoms with E-state index in [0.29, 0.717) is 19.0 Å². The SMILES string of the molecule is CNCCC1CCN(C(=O)c2cn[nH]c2-c2c(F)cccc2F)CC1. The third-order valence-electron chi connectivity index (χ3n) is 4.79. The summed E-state index contributed by atoms with van der Waals surface area (Å²) in [6, 6.07) is 3.63. The normalized spacial score (nSPS) is 15.6. The maximum atomic E-state index is 14.1. The maximum Gasteiger partial charge on any atom is 0.257 e. The Kier molecular flexibility index (Phi) is 5.43. The number of benzene rings is 1. The molecule has 3 rings (SSSR count). The first-order chi connectivity index (χ1) is 12.1. The van der Waals surface area contributed by atoms with E-state index < -0.39 is 11.6 Å². The smallest absolute Gasteiger partial charge is 0.257 e. The Balaban J connectivity index is 1.76. The second-order valence-corrected chi connectivity index (χ2v) is 6.38. The third kappa shape index (κ3) is 3.71. The van der Waals surface area contributed by atoms with Gasteiger partial charge in [0.15, 0.2) is 0 Å². The van der Waals surface area contributed by atoms with Crippen molar-refractivity contribution in [2.75, 3.05) is 26.7 Å². The van der Waals surface area contributed by atoms with Gasteiger partial charge in [-0.25, -0.2) is 8.78 Å². The van der Waals surface area contributed by atoms with E-state index in [9.17, 15) is 13.6 Å². The molecule has 7 heteroatoms. The Morgan fingerprint density at radius 2 is 2.00 bits per heavy atom. The fourth-order valence-corrected chi connectivity index (χ4v) is 3.32. The summed E-state index contributed by atoms with van der Waals surface area (Å²) in [5.74, 6) is -1.07. The summed E-state index contributed by atoms with van der Waals surface area (Å²) in [6.45, 7) is 2.27. The summed E-state index contributed by atoms with van der Waals surface area (Å²) in [7, 11) is 1.93. The van der Waals surface area contributed by atoms with Crippen molar-refractivity contribution in [1.29, 1.82) is 0 Å². The van der Waals surface area contributed by atoms with Crippen LogP contribution in [0.2, 0.25) is 0 Å². The number of halogens is 2. The number of hydrogen-bond acceptors (Lipinski definition) is 3. The number of aromatic amines is 1. The number of amides is 1. The lowest BCUT2D eigenvalue weighted by Crippen LogP contribution is -2.39. The van der Waals surface area contributed by atoms with E-state index >= 15 is 0 Å². The highest BCUT2D eigenvalue weighted by Crippen LogP contribution is 2.29. The first-order valence-electron chi connectivity index (χ1n) is 8.53. The van der Waals surface area contributed by atoms with Crippen LogP contribution >= 0.6 is 0 Å². The Labute approximate surface area is 145 Å². The van der Waals surface area contributed by atoms with E-state index in [4.69, 9.17) is 0 Å². The predicted molar refractivity (Wildman–Crippen MR) is 91.1 cm³/mol. The molecule has 1 aromatic heterocycles. The number of hydrogen-bond donors (Lipinski definition) is 2. The van der Waals surface area contributed by atoms with Crippen LogP contribution in [0.15, 0.2) is 24.4 Å². The van der Waals surface area contributed by atoms with Gasteiger partial charge in [0.25, 0.3) is 5.91 Å². The molecule has 1 aromatic carbocycles. The number of aromatic nitrogens is 2. The minimum Gasteiger partial charge on any atom is -0.339 e. The zero-order chi connectivity index (χ0) is 17.8. The molecule has 1 fully saturated rings. The Bertz CT molecular complexity index is 718. The van der Waals surface area contributed by atoms with E-state index in [1.807, 2.05) is 7.05 Å². The first kappa shape index (κ1) is 17.5. The van der Waals surface area contributed by atoms with E-state index in [1.54, 1.807) is 4.90 Å². The van der Waals surface area contributed by atoms with Gasteiger partial charge >= 0.3 is 0 Å². The molecular weight excluding hydrogens is 326 g/mol. The van der Waals surface area contributed by atoms with Crippen molar-refractivity contribution in [2.24, 2.45) is 5.92 Å². The minimum atomic E-state index is -0.718. The molecule has 1 amide bonds. The monoisotopic (exact) mass is 348 g/mol. The zero-order valence-electron chi connectivity index (χ0n) is 14.2. The van der Waals surface area contributed by atoms with Crippen LogP contribution < -0.4 is 5.32 Å². The standard InChI is InChI=1S/C18H22F2N4O/c1-21-8-5-12-6-9-24(10-7-12)18(25)13-11-22-23-17(13)16-14(19)3-2-4-15(16)20/h2-4,11-12,21H,5-10H2,1H3,(H,22,23). The number of piperidine rings is 1. The summed E-state index contributed by atoms with van der Waals surface area (Å²) in [5, 5.41) is 9.56. The van der Waals surface area contributed by atoms with E-state index in [-0.39, 0.29) is 22.7 Å². The molecule has 0 aliphatic carbocycles. The van der Waals surface area contributed by atoms with Gasteiger partial charge in [-0.05, 0) is 50.9 Å². The summed E-state index contributed by atoms with van der Waals surface area (Å²) >= 11 is 0. The number of rotatable bonds is 5. The zero-order valence-corrected chi connectivity index (χ0v) is 14.2. The summed E-state index contributed by atoms with van der Waals surface area (Å²) in [5.41, 5.74) is 0.0582. The van der Waals surface area contributed by atoms with E-state index in [0.717, 1.165) is 25.8 Å². The number of carbonyl (C=O) groups is 1. The highest BCUT2D eigenvalue weighted by atomic mass is 19.1. The van der Waals surface area contributed by atoms with Gasteiger partial charge in [-0.1, -0.05) is 6.07 Å². The molecule has 2 N–H and O–H groups in total. The van der Waals surface area contributed by atoms with Crippen molar-refractivity contribution in [2.45, 2.75) is 19.3 Å². The Hall–Kier alpha value is -2.28. The van der Waals surface area contributed by atoms with Gasteiger partial charge in [0.1, 0.15) is 11.6 Å². The number of nitrogens with zero attached hydrogens (tertiary/aromatic N) is 2. The number of carbonyl (C=O) groups excluding carboxylic acids is 1. The predicted octanol–water partition coefficient (Wildman–Crippen LogP) is 2.82. The molecule has 0 atom stereocenters.